The minimum Gasteiger partial charge on any atom is -0.382 e. The van der Waals surface area contributed by atoms with E-state index >= 15 is 0 Å². The van der Waals surface area contributed by atoms with E-state index < -0.39 is 0 Å². The number of nitrogens with one attached hydrogen (secondary N) is 2. The van der Waals surface area contributed by atoms with E-state index in [1.54, 1.807) is 0 Å². The monoisotopic (exact) mass is 284 g/mol. The Bertz CT molecular complexity index is 351. The van der Waals surface area contributed by atoms with Gasteiger partial charge in [0.25, 0.3) is 0 Å². The van der Waals surface area contributed by atoms with Crippen molar-refractivity contribution < 1.29 is 4.74 Å². The molecule has 2 N–H and O–H groups in total. The summed E-state index contributed by atoms with van der Waals surface area (Å²) in [5.41, 5.74) is 2.40. The molecule has 4 heteroatoms. The molecule has 1 aromatic rings. The summed E-state index contributed by atoms with van der Waals surface area (Å²) in [7, 11) is 0. The number of halogens is 1. The maximum absolute atomic E-state index is 5.41. The lowest BCUT2D eigenvalue weighted by Crippen LogP contribution is -2.45. The third-order valence-corrected chi connectivity index (χ3v) is 3.32. The van der Waals surface area contributed by atoms with Crippen LogP contribution in [0.25, 0.3) is 0 Å². The molecule has 1 heterocycles. The molecule has 0 spiro atoms. The van der Waals surface area contributed by atoms with Crippen molar-refractivity contribution in [3.05, 3.63) is 28.2 Å². The van der Waals surface area contributed by atoms with Crippen LogP contribution in [0.15, 0.2) is 22.7 Å². The van der Waals surface area contributed by atoms with Gasteiger partial charge in [-0.3, -0.25) is 0 Å². The molecule has 1 fully saturated rings. The number of anilines is 1. The highest BCUT2D eigenvalue weighted by Crippen LogP contribution is 2.23. The lowest BCUT2D eigenvalue weighted by atomic mass is 10.2. The van der Waals surface area contributed by atoms with Crippen LogP contribution in [0.1, 0.15) is 5.56 Å². The number of ether oxygens (including phenoxy) is 1. The van der Waals surface area contributed by atoms with Gasteiger partial charge in [-0.05, 0) is 40.5 Å². The van der Waals surface area contributed by atoms with Gasteiger partial charge < -0.3 is 15.4 Å². The summed E-state index contributed by atoms with van der Waals surface area (Å²) in [6.07, 6.45) is 0. The molecular formula is C12H17BrN2O. The quantitative estimate of drug-likeness (QED) is 0.893. The van der Waals surface area contributed by atoms with Gasteiger partial charge in [-0.1, -0.05) is 6.07 Å². The summed E-state index contributed by atoms with van der Waals surface area (Å²) in [5.74, 6) is 0. The zero-order valence-corrected chi connectivity index (χ0v) is 11.0. The number of benzene rings is 1. The van der Waals surface area contributed by atoms with E-state index in [-0.39, 0.29) is 0 Å². The van der Waals surface area contributed by atoms with Gasteiger partial charge in [0.15, 0.2) is 0 Å². The van der Waals surface area contributed by atoms with Crippen molar-refractivity contribution in [2.24, 2.45) is 0 Å². The van der Waals surface area contributed by atoms with Crippen LogP contribution in [0.3, 0.4) is 0 Å². The Hall–Kier alpha value is -0.580. The summed E-state index contributed by atoms with van der Waals surface area (Å²) < 4.78 is 6.52. The fraction of sp³-hybridized carbons (Fsp3) is 0.500. The first-order valence-electron chi connectivity index (χ1n) is 5.57. The Morgan fingerprint density at radius 3 is 3.12 bits per heavy atom. The molecule has 1 atom stereocenters. The van der Waals surface area contributed by atoms with Crippen LogP contribution in [0.4, 0.5) is 5.69 Å². The first kappa shape index (κ1) is 11.9. The van der Waals surface area contributed by atoms with E-state index in [9.17, 15) is 0 Å². The molecule has 0 saturated carbocycles. The predicted molar refractivity (Wildman–Crippen MR) is 70.0 cm³/mol. The Balaban J connectivity index is 1.88. The summed E-state index contributed by atoms with van der Waals surface area (Å²) in [4.78, 5) is 0. The average Bonchev–Trinajstić information content (AvgIpc) is 2.29. The van der Waals surface area contributed by atoms with E-state index in [1.807, 2.05) is 0 Å². The molecule has 1 aliphatic rings. The van der Waals surface area contributed by atoms with Crippen LogP contribution in [-0.2, 0) is 4.74 Å². The number of aryl methyl sites for hydroxylation is 1. The van der Waals surface area contributed by atoms with Crippen molar-refractivity contribution in [1.82, 2.24) is 5.32 Å². The van der Waals surface area contributed by atoms with Crippen molar-refractivity contribution in [2.45, 2.75) is 13.0 Å². The van der Waals surface area contributed by atoms with Gasteiger partial charge in [0.05, 0.1) is 13.2 Å². The third-order valence-electron chi connectivity index (χ3n) is 2.66. The van der Waals surface area contributed by atoms with Crippen LogP contribution < -0.4 is 10.6 Å². The van der Waals surface area contributed by atoms with Gasteiger partial charge in [-0.2, -0.15) is 0 Å². The number of morpholine rings is 1. The molecular weight excluding hydrogens is 268 g/mol. The molecule has 3 nitrogen and oxygen atoms in total. The van der Waals surface area contributed by atoms with Crippen molar-refractivity contribution in [1.29, 1.82) is 0 Å². The topological polar surface area (TPSA) is 33.3 Å². The zero-order valence-electron chi connectivity index (χ0n) is 9.42. The summed E-state index contributed by atoms with van der Waals surface area (Å²) in [6, 6.07) is 6.73. The first-order chi connectivity index (χ1) is 7.75. The molecule has 1 aliphatic heterocycles. The number of hydrogen-bond acceptors (Lipinski definition) is 3. The van der Waals surface area contributed by atoms with Crippen molar-refractivity contribution in [3.8, 4) is 0 Å². The minimum atomic E-state index is 0.405. The second kappa shape index (κ2) is 5.66. The van der Waals surface area contributed by atoms with Gasteiger partial charge >= 0.3 is 0 Å². The average molecular weight is 285 g/mol. The lowest BCUT2D eigenvalue weighted by molar-refractivity contribution is 0.0806. The molecule has 1 unspecified atom stereocenters. The van der Waals surface area contributed by atoms with Gasteiger partial charge in [0, 0.05) is 29.3 Å². The van der Waals surface area contributed by atoms with Crippen LogP contribution >= 0.6 is 15.9 Å². The first-order valence-corrected chi connectivity index (χ1v) is 6.36. The lowest BCUT2D eigenvalue weighted by Gasteiger charge is -2.24. The number of rotatable bonds is 3. The fourth-order valence-corrected chi connectivity index (χ4v) is 2.38. The molecule has 16 heavy (non-hydrogen) atoms. The summed E-state index contributed by atoms with van der Waals surface area (Å²) in [6.45, 7) is 5.54. The fourth-order valence-electron chi connectivity index (χ4n) is 1.75. The second-order valence-corrected chi connectivity index (χ2v) is 4.94. The minimum absolute atomic E-state index is 0.405. The van der Waals surface area contributed by atoms with Crippen LogP contribution in [0, 0.1) is 6.92 Å². The Kier molecular flexibility index (Phi) is 4.21. The number of hydrogen-bond donors (Lipinski definition) is 2. The van der Waals surface area contributed by atoms with Gasteiger partial charge in [0.2, 0.25) is 0 Å². The molecule has 0 bridgehead atoms. The van der Waals surface area contributed by atoms with Gasteiger partial charge in [-0.15, -0.1) is 0 Å². The van der Waals surface area contributed by atoms with E-state index in [4.69, 9.17) is 4.74 Å². The van der Waals surface area contributed by atoms with Crippen molar-refractivity contribution >= 4 is 21.6 Å². The van der Waals surface area contributed by atoms with Crippen LogP contribution in [0.5, 0.6) is 0 Å². The third kappa shape index (κ3) is 3.20. The Labute approximate surface area is 105 Å². The molecule has 1 saturated heterocycles. The van der Waals surface area contributed by atoms with Crippen LogP contribution in [0.2, 0.25) is 0 Å². The van der Waals surface area contributed by atoms with Crippen molar-refractivity contribution in [2.75, 3.05) is 31.6 Å². The highest BCUT2D eigenvalue weighted by molar-refractivity contribution is 9.10. The highest BCUT2D eigenvalue weighted by Gasteiger charge is 2.12. The second-order valence-electron chi connectivity index (χ2n) is 4.09. The normalized spacial score (nSPS) is 20.8. The van der Waals surface area contributed by atoms with E-state index in [0.29, 0.717) is 6.04 Å². The highest BCUT2D eigenvalue weighted by atomic mass is 79.9. The maximum atomic E-state index is 5.41. The standard InChI is InChI=1S/C12H17BrN2O/c1-9-2-3-12(11(13)6-9)15-7-10-8-16-5-4-14-10/h2-3,6,10,14-15H,4-5,7-8H2,1H3. The summed E-state index contributed by atoms with van der Waals surface area (Å²) in [5, 5.41) is 6.84. The van der Waals surface area contributed by atoms with Crippen molar-refractivity contribution in [3.63, 3.8) is 0 Å². The molecule has 0 radical (unpaired) electrons. The molecule has 88 valence electrons. The van der Waals surface area contributed by atoms with Gasteiger partial charge in [0.1, 0.15) is 0 Å². The van der Waals surface area contributed by atoms with E-state index in [0.717, 1.165) is 36.5 Å². The molecule has 1 aromatic carbocycles. The van der Waals surface area contributed by atoms with Gasteiger partial charge in [-0.25, -0.2) is 0 Å². The van der Waals surface area contributed by atoms with Crippen LogP contribution in [-0.4, -0.2) is 32.3 Å². The van der Waals surface area contributed by atoms with E-state index in [1.165, 1.54) is 5.56 Å². The summed E-state index contributed by atoms with van der Waals surface area (Å²) >= 11 is 3.56. The molecule has 0 aromatic heterocycles. The smallest absolute Gasteiger partial charge is 0.0637 e. The van der Waals surface area contributed by atoms with E-state index in [2.05, 4.69) is 51.7 Å². The Morgan fingerprint density at radius 1 is 1.56 bits per heavy atom. The zero-order chi connectivity index (χ0) is 11.4. The molecule has 2 rings (SSSR count). The largest absolute Gasteiger partial charge is 0.382 e. The molecule has 0 amide bonds. The predicted octanol–water partition coefficient (Wildman–Crippen LogP) is 2.16. The SMILES string of the molecule is Cc1ccc(NCC2COCCN2)c(Br)c1. The Morgan fingerprint density at radius 2 is 2.44 bits per heavy atom. The maximum Gasteiger partial charge on any atom is 0.0637 e. The molecule has 0 aliphatic carbocycles.